The summed E-state index contributed by atoms with van der Waals surface area (Å²) in [6.07, 6.45) is 3.29. The summed E-state index contributed by atoms with van der Waals surface area (Å²) in [7, 11) is 4.35. The highest BCUT2D eigenvalue weighted by molar-refractivity contribution is 6.31. The first-order valence-corrected chi connectivity index (χ1v) is 13.1. The third kappa shape index (κ3) is 4.34. The third-order valence-electron chi connectivity index (χ3n) is 7.73. The predicted molar refractivity (Wildman–Crippen MR) is 148 cm³/mol. The fraction of sp³-hybridized carbons (Fsp3) is 0.407. The molecule has 8 nitrogen and oxygen atoms in total. The maximum absolute atomic E-state index is 13.4. The van der Waals surface area contributed by atoms with E-state index in [4.69, 9.17) is 16.6 Å². The predicted octanol–water partition coefficient (Wildman–Crippen LogP) is 4.03. The summed E-state index contributed by atoms with van der Waals surface area (Å²) < 4.78 is 0. The molecule has 2 aromatic carbocycles. The molecule has 6 rings (SSSR count). The van der Waals surface area contributed by atoms with Crippen molar-refractivity contribution in [3.63, 3.8) is 0 Å². The molecule has 36 heavy (non-hydrogen) atoms. The molecule has 188 valence electrons. The van der Waals surface area contributed by atoms with Crippen LogP contribution in [0.25, 0.3) is 33.3 Å². The molecule has 0 unspecified atom stereocenters. The molecule has 0 aliphatic carbocycles. The van der Waals surface area contributed by atoms with Crippen LogP contribution in [0.1, 0.15) is 19.3 Å². The number of nitrogens with zero attached hydrogens (tertiary/aromatic N) is 3. The number of hydrogen-bond donors (Lipinski definition) is 4. The van der Waals surface area contributed by atoms with Gasteiger partial charge in [-0.2, -0.15) is 0 Å². The van der Waals surface area contributed by atoms with Crippen LogP contribution in [0.15, 0.2) is 41.2 Å². The average molecular weight is 506 g/mol. The molecule has 2 fully saturated rings. The molecule has 4 heterocycles. The SMILES string of the molecule is CN1CCC(N(C)c2ccc3nc(-c4c(N[C@H]5CCNC5)c5cc(Cl)ccc5[nH]c4=O)[nH]c3c2)CC1. The van der Waals surface area contributed by atoms with Gasteiger partial charge in [0.25, 0.3) is 5.56 Å². The topological polar surface area (TPSA) is 92.1 Å². The largest absolute Gasteiger partial charge is 0.380 e. The zero-order valence-electron chi connectivity index (χ0n) is 20.7. The van der Waals surface area contributed by atoms with Gasteiger partial charge < -0.3 is 30.4 Å². The molecule has 0 saturated carbocycles. The molecule has 2 aromatic heterocycles. The summed E-state index contributed by atoms with van der Waals surface area (Å²) in [6, 6.07) is 12.6. The quantitative estimate of drug-likeness (QED) is 0.327. The number of nitrogens with one attached hydrogen (secondary N) is 4. The second kappa shape index (κ2) is 9.42. The van der Waals surface area contributed by atoms with Crippen LogP contribution < -0.4 is 21.1 Å². The van der Waals surface area contributed by atoms with Crippen LogP contribution in [0.5, 0.6) is 0 Å². The molecule has 2 aliphatic heterocycles. The lowest BCUT2D eigenvalue weighted by Crippen LogP contribution is -2.41. The lowest BCUT2D eigenvalue weighted by atomic mass is 10.0. The third-order valence-corrected chi connectivity index (χ3v) is 7.97. The number of piperidine rings is 1. The fourth-order valence-corrected chi connectivity index (χ4v) is 5.72. The van der Waals surface area contributed by atoms with Crippen LogP contribution in [0.2, 0.25) is 5.02 Å². The lowest BCUT2D eigenvalue weighted by molar-refractivity contribution is 0.253. The minimum atomic E-state index is -0.180. The number of aromatic amines is 2. The van der Waals surface area contributed by atoms with Crippen LogP contribution in [-0.4, -0.2) is 72.2 Å². The van der Waals surface area contributed by atoms with Gasteiger partial charge in [0.1, 0.15) is 11.4 Å². The molecular formula is C27H32ClN7O. The Morgan fingerprint density at radius 2 is 1.92 bits per heavy atom. The number of fused-ring (bicyclic) bond motifs is 2. The molecule has 0 spiro atoms. The van der Waals surface area contributed by atoms with Crippen LogP contribution >= 0.6 is 11.6 Å². The van der Waals surface area contributed by atoms with Crippen molar-refractivity contribution in [2.75, 3.05) is 50.5 Å². The van der Waals surface area contributed by atoms with Crippen molar-refractivity contribution >= 4 is 44.9 Å². The van der Waals surface area contributed by atoms with Gasteiger partial charge in [-0.1, -0.05) is 11.6 Å². The Hall–Kier alpha value is -3.07. The molecule has 1 atom stereocenters. The highest BCUT2D eigenvalue weighted by Crippen LogP contribution is 2.34. The maximum Gasteiger partial charge on any atom is 0.261 e. The Morgan fingerprint density at radius 1 is 1.08 bits per heavy atom. The molecule has 0 amide bonds. The van der Waals surface area contributed by atoms with E-state index in [-0.39, 0.29) is 11.6 Å². The average Bonchev–Trinajstić information content (AvgIpc) is 3.54. The highest BCUT2D eigenvalue weighted by atomic mass is 35.5. The summed E-state index contributed by atoms with van der Waals surface area (Å²) in [5.41, 5.74) is 4.76. The van der Waals surface area contributed by atoms with Crippen molar-refractivity contribution < 1.29 is 0 Å². The first-order valence-electron chi connectivity index (χ1n) is 12.7. The van der Waals surface area contributed by atoms with Gasteiger partial charge in [0, 0.05) is 41.8 Å². The molecule has 2 saturated heterocycles. The molecule has 9 heteroatoms. The van der Waals surface area contributed by atoms with E-state index in [0.717, 1.165) is 78.8 Å². The van der Waals surface area contributed by atoms with Crippen LogP contribution in [-0.2, 0) is 0 Å². The number of benzene rings is 2. The van der Waals surface area contributed by atoms with E-state index in [9.17, 15) is 4.79 Å². The lowest BCUT2D eigenvalue weighted by Gasteiger charge is -2.36. The maximum atomic E-state index is 13.4. The monoisotopic (exact) mass is 505 g/mol. The summed E-state index contributed by atoms with van der Waals surface area (Å²) in [5, 5.41) is 8.52. The van der Waals surface area contributed by atoms with Gasteiger partial charge in [-0.3, -0.25) is 4.79 Å². The number of anilines is 2. The Balaban J connectivity index is 1.42. The first-order chi connectivity index (χ1) is 17.5. The van der Waals surface area contributed by atoms with Gasteiger partial charge >= 0.3 is 0 Å². The summed E-state index contributed by atoms with van der Waals surface area (Å²) in [5.74, 6) is 0.556. The van der Waals surface area contributed by atoms with Gasteiger partial charge in [0.15, 0.2) is 0 Å². The smallest absolute Gasteiger partial charge is 0.261 e. The van der Waals surface area contributed by atoms with Gasteiger partial charge in [0.2, 0.25) is 0 Å². The van der Waals surface area contributed by atoms with Crippen LogP contribution in [0.3, 0.4) is 0 Å². The normalized spacial score (nSPS) is 19.4. The van der Waals surface area contributed by atoms with Gasteiger partial charge in [0.05, 0.1) is 22.2 Å². The number of H-pyrrole nitrogens is 2. The van der Waals surface area contributed by atoms with Crippen molar-refractivity contribution in [2.24, 2.45) is 0 Å². The summed E-state index contributed by atoms with van der Waals surface area (Å²) >= 11 is 6.37. The number of halogens is 1. The molecular weight excluding hydrogens is 474 g/mol. The zero-order chi connectivity index (χ0) is 24.8. The van der Waals surface area contributed by atoms with Crippen molar-refractivity contribution in [2.45, 2.75) is 31.3 Å². The highest BCUT2D eigenvalue weighted by Gasteiger charge is 2.24. The van der Waals surface area contributed by atoms with Crippen molar-refractivity contribution in [1.82, 2.24) is 25.2 Å². The number of imidazole rings is 1. The van der Waals surface area contributed by atoms with E-state index < -0.39 is 0 Å². The Bertz CT molecular complexity index is 1460. The van der Waals surface area contributed by atoms with Gasteiger partial charge in [-0.15, -0.1) is 0 Å². The number of aromatic nitrogens is 3. The van der Waals surface area contributed by atoms with E-state index >= 15 is 0 Å². The Morgan fingerprint density at radius 3 is 2.69 bits per heavy atom. The second-order valence-corrected chi connectivity index (χ2v) is 10.6. The van der Waals surface area contributed by atoms with Gasteiger partial charge in [-0.25, -0.2) is 4.98 Å². The standard InChI is InChI=1S/C27H32ClN7O/c1-34-11-8-18(9-12-34)35(2)19-4-6-22-23(14-19)32-26(31-22)24-25(30-17-7-10-29-15-17)20-13-16(28)3-5-21(20)33-27(24)36/h3-6,13-14,17-18,29H,7-12,15H2,1-2H3,(H,31,32)(H2,30,33,36)/t17-/m0/s1. The van der Waals surface area contributed by atoms with Crippen LogP contribution in [0, 0.1) is 0 Å². The fourth-order valence-electron chi connectivity index (χ4n) is 5.55. The van der Waals surface area contributed by atoms with Crippen molar-refractivity contribution in [3.05, 3.63) is 51.8 Å². The second-order valence-electron chi connectivity index (χ2n) is 10.2. The number of hydrogen-bond acceptors (Lipinski definition) is 6. The Kier molecular flexibility index (Phi) is 6.11. The molecule has 2 aliphatic rings. The Labute approximate surface area is 215 Å². The van der Waals surface area contributed by atoms with E-state index in [1.165, 1.54) is 0 Å². The zero-order valence-corrected chi connectivity index (χ0v) is 21.5. The number of pyridine rings is 1. The summed E-state index contributed by atoms with van der Waals surface area (Å²) in [6.45, 7) is 4.03. The molecule has 4 N–H and O–H groups in total. The molecule has 0 bridgehead atoms. The number of rotatable bonds is 5. The molecule has 4 aromatic rings. The van der Waals surface area contributed by atoms with E-state index in [1.807, 2.05) is 18.2 Å². The van der Waals surface area contributed by atoms with Crippen LogP contribution in [0.4, 0.5) is 11.4 Å². The van der Waals surface area contributed by atoms with E-state index in [0.29, 0.717) is 22.5 Å². The number of likely N-dealkylation sites (tertiary alicyclic amines) is 1. The minimum absolute atomic E-state index is 0.180. The first kappa shape index (κ1) is 23.3. The van der Waals surface area contributed by atoms with Crippen molar-refractivity contribution in [3.8, 4) is 11.4 Å². The molecule has 0 radical (unpaired) electrons. The van der Waals surface area contributed by atoms with E-state index in [2.05, 4.69) is 56.6 Å². The van der Waals surface area contributed by atoms with Gasteiger partial charge in [-0.05, 0) is 82.3 Å². The van der Waals surface area contributed by atoms with E-state index in [1.54, 1.807) is 6.07 Å². The summed E-state index contributed by atoms with van der Waals surface area (Å²) in [4.78, 5) is 29.5. The minimum Gasteiger partial charge on any atom is -0.380 e. The van der Waals surface area contributed by atoms with Crippen molar-refractivity contribution in [1.29, 1.82) is 0 Å².